The number of cyclic esters (lactones) is 1. The van der Waals surface area contributed by atoms with Gasteiger partial charge in [0.1, 0.15) is 12.4 Å². The summed E-state index contributed by atoms with van der Waals surface area (Å²) >= 11 is 0. The molecule has 2 aromatic heterocycles. The minimum absolute atomic E-state index is 0.0541. The molecule has 6 rings (SSSR count). The van der Waals surface area contributed by atoms with Gasteiger partial charge in [-0.15, -0.1) is 0 Å². The molecular weight excluding hydrogens is 481 g/mol. The maximum absolute atomic E-state index is 14.6. The Bertz CT molecular complexity index is 1520. The van der Waals surface area contributed by atoms with E-state index in [1.165, 1.54) is 6.07 Å². The van der Waals surface area contributed by atoms with E-state index >= 15 is 0 Å². The fraction of sp³-hybridized carbons (Fsp3) is 0.444. The third-order valence-electron chi connectivity index (χ3n) is 7.89. The SMILES string of the molecule is CC[C@@]1(O)C(=O)OCc2c1cc1n(c2=O)Cc2c-1nc1cc(F)c(C)cc1c2CN1CCO[C@@H](CO)C1. The van der Waals surface area contributed by atoms with Crippen LogP contribution < -0.4 is 5.56 Å². The number of nitrogens with zero attached hydrogens (tertiary/aromatic N) is 3. The summed E-state index contributed by atoms with van der Waals surface area (Å²) in [6.07, 6.45) is -0.233. The highest BCUT2D eigenvalue weighted by Gasteiger charge is 2.45. The average molecular weight is 510 g/mol. The second kappa shape index (κ2) is 8.70. The molecule has 9 nitrogen and oxygen atoms in total. The smallest absolute Gasteiger partial charge is 0.343 e. The molecule has 0 radical (unpaired) electrons. The lowest BCUT2D eigenvalue weighted by molar-refractivity contribution is -0.172. The van der Waals surface area contributed by atoms with Crippen molar-refractivity contribution in [3.63, 3.8) is 0 Å². The van der Waals surface area contributed by atoms with Crippen LogP contribution in [0.1, 0.15) is 41.2 Å². The first kappa shape index (κ1) is 24.2. The van der Waals surface area contributed by atoms with Crippen LogP contribution in [0.5, 0.6) is 0 Å². The highest BCUT2D eigenvalue weighted by atomic mass is 19.1. The number of rotatable bonds is 4. The lowest BCUT2D eigenvalue weighted by atomic mass is 9.86. The summed E-state index contributed by atoms with van der Waals surface area (Å²) in [5, 5.41) is 21.5. The molecule has 10 heteroatoms. The van der Waals surface area contributed by atoms with Gasteiger partial charge < -0.3 is 24.3 Å². The van der Waals surface area contributed by atoms with Crippen LogP contribution in [0.25, 0.3) is 22.3 Å². The van der Waals surface area contributed by atoms with Crippen molar-refractivity contribution in [1.29, 1.82) is 0 Å². The number of carbonyl (C=O) groups excluding carboxylic acids is 1. The van der Waals surface area contributed by atoms with Gasteiger partial charge in [-0.2, -0.15) is 0 Å². The van der Waals surface area contributed by atoms with E-state index in [0.717, 1.165) is 16.5 Å². The van der Waals surface area contributed by atoms with Crippen LogP contribution in [-0.2, 0) is 39.6 Å². The second-order valence-electron chi connectivity index (χ2n) is 10.0. The number of carbonyl (C=O) groups is 1. The van der Waals surface area contributed by atoms with Gasteiger partial charge in [-0.05, 0) is 36.6 Å². The Labute approximate surface area is 212 Å². The molecule has 2 atom stereocenters. The lowest BCUT2D eigenvalue weighted by Gasteiger charge is -2.32. The van der Waals surface area contributed by atoms with Crippen LogP contribution in [0.4, 0.5) is 4.39 Å². The zero-order chi connectivity index (χ0) is 26.1. The second-order valence-corrected chi connectivity index (χ2v) is 10.0. The molecule has 2 N–H and O–H groups in total. The van der Waals surface area contributed by atoms with Gasteiger partial charge in [0.15, 0.2) is 5.60 Å². The number of halogens is 1. The quantitative estimate of drug-likeness (QED) is 0.400. The number of fused-ring (bicyclic) bond motifs is 5. The van der Waals surface area contributed by atoms with Gasteiger partial charge in [0, 0.05) is 42.2 Å². The molecule has 0 amide bonds. The number of pyridine rings is 2. The van der Waals surface area contributed by atoms with Gasteiger partial charge in [-0.25, -0.2) is 14.2 Å². The van der Waals surface area contributed by atoms with E-state index in [0.29, 0.717) is 48.7 Å². The molecule has 1 fully saturated rings. The number of aromatic nitrogens is 2. The number of esters is 1. The third-order valence-corrected chi connectivity index (χ3v) is 7.89. The molecule has 1 saturated heterocycles. The van der Waals surface area contributed by atoms with E-state index in [2.05, 4.69) is 4.90 Å². The van der Waals surface area contributed by atoms with Crippen molar-refractivity contribution in [2.24, 2.45) is 0 Å². The van der Waals surface area contributed by atoms with Gasteiger partial charge in [-0.3, -0.25) is 9.69 Å². The first-order chi connectivity index (χ1) is 17.7. The monoisotopic (exact) mass is 509 g/mol. The van der Waals surface area contributed by atoms with Crippen molar-refractivity contribution in [3.8, 4) is 11.4 Å². The molecule has 0 bridgehead atoms. The summed E-state index contributed by atoms with van der Waals surface area (Å²) in [6, 6.07) is 4.86. The summed E-state index contributed by atoms with van der Waals surface area (Å²) in [4.78, 5) is 33.0. The van der Waals surface area contributed by atoms with Crippen molar-refractivity contribution >= 4 is 16.9 Å². The Balaban J connectivity index is 1.56. The third kappa shape index (κ3) is 3.62. The van der Waals surface area contributed by atoms with Crippen LogP contribution >= 0.6 is 0 Å². The molecule has 194 valence electrons. The standard InChI is InChI=1S/C27H28FN3O6/c1-3-27(35)20-7-23-24-18(11-31(23)25(33)19(20)13-37-26(27)34)17(10-30-4-5-36-15(9-30)12-32)16-6-14(2)21(28)8-22(16)29-24/h6-8,15,32,35H,3-5,9-13H2,1-2H3/t15-,27+/m1/s1. The number of aliphatic hydroxyl groups is 2. The van der Waals surface area contributed by atoms with Gasteiger partial charge in [0.25, 0.3) is 5.56 Å². The van der Waals surface area contributed by atoms with E-state index < -0.39 is 11.6 Å². The van der Waals surface area contributed by atoms with E-state index in [1.807, 2.05) is 0 Å². The molecule has 5 heterocycles. The van der Waals surface area contributed by atoms with Crippen LogP contribution in [0.3, 0.4) is 0 Å². The van der Waals surface area contributed by atoms with Crippen LogP contribution in [0.2, 0.25) is 0 Å². The van der Waals surface area contributed by atoms with Gasteiger partial charge in [-0.1, -0.05) is 6.92 Å². The van der Waals surface area contributed by atoms with Crippen molar-refractivity contribution in [2.45, 2.75) is 51.7 Å². The number of aryl methyl sites for hydroxylation is 1. The zero-order valence-electron chi connectivity index (χ0n) is 20.7. The average Bonchev–Trinajstić information content (AvgIpc) is 3.26. The first-order valence-electron chi connectivity index (χ1n) is 12.5. The molecule has 3 aliphatic heterocycles. The van der Waals surface area contributed by atoms with E-state index in [9.17, 15) is 24.2 Å². The number of hydrogen-bond acceptors (Lipinski definition) is 8. The summed E-state index contributed by atoms with van der Waals surface area (Å²) < 4.78 is 27.0. The van der Waals surface area contributed by atoms with Gasteiger partial charge in [0.05, 0.1) is 48.3 Å². The number of hydrogen-bond donors (Lipinski definition) is 2. The molecule has 1 aromatic carbocycles. The highest BCUT2D eigenvalue weighted by Crippen LogP contribution is 2.40. The summed E-state index contributed by atoms with van der Waals surface area (Å²) in [7, 11) is 0. The topological polar surface area (TPSA) is 114 Å². The number of benzene rings is 1. The predicted molar refractivity (Wildman–Crippen MR) is 131 cm³/mol. The van der Waals surface area contributed by atoms with Crippen LogP contribution in [-0.4, -0.2) is 63.0 Å². The molecule has 3 aliphatic rings. The lowest BCUT2D eigenvalue weighted by Crippen LogP contribution is -2.44. The molecule has 0 aliphatic carbocycles. The zero-order valence-corrected chi connectivity index (χ0v) is 20.7. The largest absolute Gasteiger partial charge is 0.458 e. The highest BCUT2D eigenvalue weighted by molar-refractivity contribution is 5.89. The minimum Gasteiger partial charge on any atom is -0.458 e. The van der Waals surface area contributed by atoms with Gasteiger partial charge >= 0.3 is 5.97 Å². The molecule has 3 aromatic rings. The Morgan fingerprint density at radius 1 is 1.24 bits per heavy atom. The van der Waals surface area contributed by atoms with Crippen molar-refractivity contribution in [1.82, 2.24) is 14.5 Å². The number of morpholine rings is 1. The summed E-state index contributed by atoms with van der Waals surface area (Å²) in [5.74, 6) is -1.15. The van der Waals surface area contributed by atoms with Crippen molar-refractivity contribution in [3.05, 3.63) is 62.2 Å². The number of ether oxygens (including phenoxy) is 2. The Kier molecular flexibility index (Phi) is 5.68. The maximum atomic E-state index is 14.6. The van der Waals surface area contributed by atoms with E-state index in [1.54, 1.807) is 30.5 Å². The molecule has 0 unspecified atom stereocenters. The summed E-state index contributed by atoms with van der Waals surface area (Å²) in [5.41, 5.74) is 2.01. The summed E-state index contributed by atoms with van der Waals surface area (Å²) in [6.45, 7) is 5.55. The van der Waals surface area contributed by atoms with Crippen LogP contribution in [0.15, 0.2) is 23.0 Å². The van der Waals surface area contributed by atoms with Crippen molar-refractivity contribution < 1.29 is 28.9 Å². The van der Waals surface area contributed by atoms with Gasteiger partial charge in [0.2, 0.25) is 0 Å². The van der Waals surface area contributed by atoms with E-state index in [-0.39, 0.29) is 54.8 Å². The Morgan fingerprint density at radius 2 is 2.05 bits per heavy atom. The molecule has 0 saturated carbocycles. The predicted octanol–water partition coefficient (Wildman–Crippen LogP) is 1.72. The Morgan fingerprint density at radius 3 is 2.81 bits per heavy atom. The first-order valence-corrected chi connectivity index (χ1v) is 12.5. The van der Waals surface area contributed by atoms with Crippen LogP contribution in [0, 0.1) is 12.7 Å². The van der Waals surface area contributed by atoms with Crippen molar-refractivity contribution in [2.75, 3.05) is 26.3 Å². The normalized spacial score (nSPS) is 23.1. The van der Waals surface area contributed by atoms with E-state index in [4.69, 9.17) is 14.5 Å². The molecule has 37 heavy (non-hydrogen) atoms. The molecular formula is C27H28FN3O6. The number of aliphatic hydroxyl groups excluding tert-OH is 1. The maximum Gasteiger partial charge on any atom is 0.343 e. The Hall–Kier alpha value is -3.18. The minimum atomic E-state index is -1.92. The molecule has 0 spiro atoms. The fourth-order valence-electron chi connectivity index (χ4n) is 5.73. The fourth-order valence-corrected chi connectivity index (χ4v) is 5.73.